The first-order valence-corrected chi connectivity index (χ1v) is 8.04. The lowest BCUT2D eigenvalue weighted by Gasteiger charge is -2.17. The first-order valence-electron chi connectivity index (χ1n) is 8.04. The standard InChI is InChI=1S/C17H21N3O3/c18-15(21)10-13-8-4-5-9-14(13)22-11-16-19-17(23-20-16)12-6-2-1-3-7-12/h4-5,8-9,12H,1-3,6-7,10-11H2,(H2,18,21). The molecule has 0 unspecified atom stereocenters. The smallest absolute Gasteiger partial charge is 0.229 e. The molecule has 2 N–H and O–H groups in total. The van der Waals surface area contributed by atoms with Gasteiger partial charge in [-0.1, -0.05) is 42.6 Å². The monoisotopic (exact) mass is 315 g/mol. The van der Waals surface area contributed by atoms with E-state index in [4.69, 9.17) is 15.0 Å². The zero-order valence-electron chi connectivity index (χ0n) is 13.0. The van der Waals surface area contributed by atoms with Crippen LogP contribution in [0.4, 0.5) is 0 Å². The van der Waals surface area contributed by atoms with Crippen LogP contribution < -0.4 is 10.5 Å². The largest absolute Gasteiger partial charge is 0.485 e. The third-order valence-corrected chi connectivity index (χ3v) is 4.13. The van der Waals surface area contributed by atoms with Crippen molar-refractivity contribution >= 4 is 5.91 Å². The summed E-state index contributed by atoms with van der Waals surface area (Å²) in [4.78, 5) is 15.5. The molecule has 1 aliphatic carbocycles. The van der Waals surface area contributed by atoms with Crippen LogP contribution in [0.25, 0.3) is 0 Å². The van der Waals surface area contributed by atoms with Crippen molar-refractivity contribution in [2.45, 2.75) is 51.0 Å². The Morgan fingerprint density at radius 1 is 1.26 bits per heavy atom. The molecule has 6 nitrogen and oxygen atoms in total. The number of benzene rings is 1. The van der Waals surface area contributed by atoms with E-state index in [1.165, 1.54) is 19.3 Å². The molecule has 0 spiro atoms. The van der Waals surface area contributed by atoms with Crippen molar-refractivity contribution in [1.82, 2.24) is 10.1 Å². The van der Waals surface area contributed by atoms with Crippen molar-refractivity contribution in [3.05, 3.63) is 41.5 Å². The van der Waals surface area contributed by atoms with Gasteiger partial charge in [0.2, 0.25) is 17.6 Å². The van der Waals surface area contributed by atoms with Crippen LogP contribution in [0.5, 0.6) is 5.75 Å². The Bertz CT molecular complexity index is 663. The summed E-state index contributed by atoms with van der Waals surface area (Å²) < 4.78 is 11.1. The molecule has 1 saturated carbocycles. The number of hydrogen-bond acceptors (Lipinski definition) is 5. The van der Waals surface area contributed by atoms with Crippen LogP contribution in [-0.2, 0) is 17.8 Å². The molecule has 0 bridgehead atoms. The van der Waals surface area contributed by atoms with Gasteiger partial charge in [0, 0.05) is 11.5 Å². The average molecular weight is 315 g/mol. The highest BCUT2D eigenvalue weighted by Gasteiger charge is 2.21. The number of carbonyl (C=O) groups is 1. The quantitative estimate of drug-likeness (QED) is 0.885. The minimum Gasteiger partial charge on any atom is -0.485 e. The summed E-state index contributed by atoms with van der Waals surface area (Å²) in [5, 5.41) is 3.99. The molecular formula is C17H21N3O3. The Kier molecular flexibility index (Phi) is 4.90. The summed E-state index contributed by atoms with van der Waals surface area (Å²) in [6.45, 7) is 0.214. The van der Waals surface area contributed by atoms with E-state index in [-0.39, 0.29) is 18.9 Å². The maximum absolute atomic E-state index is 11.1. The van der Waals surface area contributed by atoms with E-state index in [9.17, 15) is 4.79 Å². The van der Waals surface area contributed by atoms with E-state index in [0.29, 0.717) is 23.4 Å². The van der Waals surface area contributed by atoms with Gasteiger partial charge < -0.3 is 15.0 Å². The van der Waals surface area contributed by atoms with Crippen molar-refractivity contribution in [1.29, 1.82) is 0 Å². The Hall–Kier alpha value is -2.37. The van der Waals surface area contributed by atoms with Crippen molar-refractivity contribution in [2.24, 2.45) is 5.73 Å². The Morgan fingerprint density at radius 3 is 2.83 bits per heavy atom. The maximum atomic E-state index is 11.1. The van der Waals surface area contributed by atoms with Crippen LogP contribution in [0.2, 0.25) is 0 Å². The van der Waals surface area contributed by atoms with Crippen LogP contribution in [0.1, 0.15) is 55.3 Å². The number of ether oxygens (including phenoxy) is 1. The van der Waals surface area contributed by atoms with Crippen LogP contribution in [0, 0.1) is 0 Å². The van der Waals surface area contributed by atoms with Gasteiger partial charge in [-0.3, -0.25) is 4.79 Å². The lowest BCUT2D eigenvalue weighted by molar-refractivity contribution is -0.117. The van der Waals surface area contributed by atoms with Gasteiger partial charge >= 0.3 is 0 Å². The van der Waals surface area contributed by atoms with Gasteiger partial charge in [-0.25, -0.2) is 0 Å². The average Bonchev–Trinajstić information content (AvgIpc) is 3.03. The number of para-hydroxylation sites is 1. The first kappa shape index (κ1) is 15.5. The topological polar surface area (TPSA) is 91.2 Å². The van der Waals surface area contributed by atoms with E-state index in [1.54, 1.807) is 6.07 Å². The minimum atomic E-state index is -0.389. The van der Waals surface area contributed by atoms with Crippen molar-refractivity contribution in [3.63, 3.8) is 0 Å². The number of nitrogens with zero attached hydrogens (tertiary/aromatic N) is 2. The second-order valence-electron chi connectivity index (χ2n) is 5.92. The molecule has 1 amide bonds. The lowest BCUT2D eigenvalue weighted by Crippen LogP contribution is -2.14. The number of primary amides is 1. The predicted octanol–water partition coefficient (Wildman–Crippen LogP) is 2.72. The highest BCUT2D eigenvalue weighted by atomic mass is 16.5. The van der Waals surface area contributed by atoms with E-state index in [2.05, 4.69) is 10.1 Å². The van der Waals surface area contributed by atoms with Gasteiger partial charge in [0.25, 0.3) is 0 Å². The van der Waals surface area contributed by atoms with E-state index in [1.807, 2.05) is 18.2 Å². The highest BCUT2D eigenvalue weighted by molar-refractivity contribution is 5.77. The molecule has 2 aromatic rings. The van der Waals surface area contributed by atoms with Gasteiger partial charge in [0.05, 0.1) is 6.42 Å². The fraction of sp³-hybridized carbons (Fsp3) is 0.471. The van der Waals surface area contributed by atoms with E-state index in [0.717, 1.165) is 18.4 Å². The number of aromatic nitrogens is 2. The first-order chi connectivity index (χ1) is 11.2. The second kappa shape index (κ2) is 7.26. The zero-order valence-corrected chi connectivity index (χ0v) is 13.0. The SMILES string of the molecule is NC(=O)Cc1ccccc1OCc1noc(C2CCCCC2)n1. The Balaban J connectivity index is 1.62. The second-order valence-corrected chi connectivity index (χ2v) is 5.92. The summed E-state index contributed by atoms with van der Waals surface area (Å²) in [5.41, 5.74) is 6.01. The molecule has 1 aromatic heterocycles. The van der Waals surface area contributed by atoms with Crippen LogP contribution in [-0.4, -0.2) is 16.0 Å². The normalized spacial score (nSPS) is 15.5. The van der Waals surface area contributed by atoms with Crippen LogP contribution in [0.15, 0.2) is 28.8 Å². The number of rotatable bonds is 6. The number of carbonyl (C=O) groups excluding carboxylic acids is 1. The highest BCUT2D eigenvalue weighted by Crippen LogP contribution is 2.31. The minimum absolute atomic E-state index is 0.149. The molecule has 1 fully saturated rings. The van der Waals surface area contributed by atoms with Gasteiger partial charge in [-0.2, -0.15) is 4.98 Å². The van der Waals surface area contributed by atoms with Gasteiger partial charge in [0.15, 0.2) is 6.61 Å². The fourth-order valence-corrected chi connectivity index (χ4v) is 2.96. The molecule has 3 rings (SSSR count). The molecule has 23 heavy (non-hydrogen) atoms. The maximum Gasteiger partial charge on any atom is 0.229 e. The van der Waals surface area contributed by atoms with Gasteiger partial charge in [-0.15, -0.1) is 0 Å². The molecule has 1 heterocycles. The summed E-state index contributed by atoms with van der Waals surface area (Å²) >= 11 is 0. The fourth-order valence-electron chi connectivity index (χ4n) is 2.96. The molecule has 0 saturated heterocycles. The summed E-state index contributed by atoms with van der Waals surface area (Å²) in [5.74, 6) is 1.86. The zero-order chi connectivity index (χ0) is 16.1. The predicted molar refractivity (Wildman–Crippen MR) is 83.8 cm³/mol. The van der Waals surface area contributed by atoms with Crippen molar-refractivity contribution < 1.29 is 14.1 Å². The molecule has 0 radical (unpaired) electrons. The van der Waals surface area contributed by atoms with Crippen molar-refractivity contribution in [2.75, 3.05) is 0 Å². The summed E-state index contributed by atoms with van der Waals surface area (Å²) in [6, 6.07) is 7.33. The molecule has 122 valence electrons. The third kappa shape index (κ3) is 4.09. The Labute approximate surface area is 135 Å². The van der Waals surface area contributed by atoms with Crippen LogP contribution in [0.3, 0.4) is 0 Å². The van der Waals surface area contributed by atoms with Crippen molar-refractivity contribution in [3.8, 4) is 5.75 Å². The van der Waals surface area contributed by atoms with Gasteiger partial charge in [0.1, 0.15) is 5.75 Å². The number of hydrogen-bond donors (Lipinski definition) is 1. The number of nitrogens with two attached hydrogens (primary N) is 1. The third-order valence-electron chi connectivity index (χ3n) is 4.13. The molecule has 0 atom stereocenters. The number of amides is 1. The lowest BCUT2D eigenvalue weighted by atomic mass is 9.89. The molecule has 1 aromatic carbocycles. The summed E-state index contributed by atoms with van der Waals surface area (Å²) in [6.07, 6.45) is 6.11. The van der Waals surface area contributed by atoms with E-state index >= 15 is 0 Å². The van der Waals surface area contributed by atoms with E-state index < -0.39 is 0 Å². The van der Waals surface area contributed by atoms with Crippen LogP contribution >= 0.6 is 0 Å². The molecular weight excluding hydrogens is 294 g/mol. The molecule has 1 aliphatic rings. The molecule has 6 heteroatoms. The Morgan fingerprint density at radius 2 is 2.04 bits per heavy atom. The summed E-state index contributed by atoms with van der Waals surface area (Å²) in [7, 11) is 0. The molecule has 0 aliphatic heterocycles. The van der Waals surface area contributed by atoms with Gasteiger partial charge in [-0.05, 0) is 18.9 Å².